The maximum atomic E-state index is 9.57. The smallest absolute Gasteiger partial charge is 0.160 e. The molecule has 0 amide bonds. The molecule has 0 radical (unpaired) electrons. The first-order valence-corrected chi connectivity index (χ1v) is 5.37. The van der Waals surface area contributed by atoms with Gasteiger partial charge in [-0.25, -0.2) is 0 Å². The minimum Gasteiger partial charge on any atom is -0.504 e. The van der Waals surface area contributed by atoms with E-state index in [9.17, 15) is 5.11 Å². The Hall–Kier alpha value is -1.26. The van der Waals surface area contributed by atoms with Crippen LogP contribution in [0.15, 0.2) is 18.2 Å². The van der Waals surface area contributed by atoms with Crippen LogP contribution in [0.25, 0.3) is 0 Å². The van der Waals surface area contributed by atoms with Crippen molar-refractivity contribution in [2.75, 3.05) is 13.7 Å². The SMILES string of the molecule is COc1ccc(CNC(C)CCO)cc1O. The number of aromatic hydroxyl groups is 1. The van der Waals surface area contributed by atoms with Crippen molar-refractivity contribution in [1.82, 2.24) is 5.32 Å². The van der Waals surface area contributed by atoms with Crippen LogP contribution < -0.4 is 10.1 Å². The average molecular weight is 225 g/mol. The third-order valence-corrected chi connectivity index (χ3v) is 2.46. The highest BCUT2D eigenvalue weighted by Gasteiger charge is 2.04. The molecule has 1 unspecified atom stereocenters. The molecular weight excluding hydrogens is 206 g/mol. The first kappa shape index (κ1) is 12.8. The Labute approximate surface area is 95.9 Å². The summed E-state index contributed by atoms with van der Waals surface area (Å²) >= 11 is 0. The lowest BCUT2D eigenvalue weighted by atomic mass is 10.1. The number of phenols is 1. The van der Waals surface area contributed by atoms with Gasteiger partial charge in [0.2, 0.25) is 0 Å². The number of nitrogens with one attached hydrogen (secondary N) is 1. The molecule has 4 heteroatoms. The van der Waals surface area contributed by atoms with Gasteiger partial charge >= 0.3 is 0 Å². The van der Waals surface area contributed by atoms with Crippen LogP contribution in [0.1, 0.15) is 18.9 Å². The van der Waals surface area contributed by atoms with Gasteiger partial charge in [-0.05, 0) is 31.0 Å². The van der Waals surface area contributed by atoms with Crippen LogP contribution in [0, 0.1) is 0 Å². The summed E-state index contributed by atoms with van der Waals surface area (Å²) in [6, 6.07) is 5.58. The molecule has 0 bridgehead atoms. The molecule has 16 heavy (non-hydrogen) atoms. The molecule has 4 nitrogen and oxygen atoms in total. The standard InChI is InChI=1S/C12H19NO3/c1-9(5-6-14)13-8-10-3-4-12(16-2)11(15)7-10/h3-4,7,9,13-15H,5-6,8H2,1-2H3. The van der Waals surface area contributed by atoms with Gasteiger partial charge < -0.3 is 20.3 Å². The van der Waals surface area contributed by atoms with Crippen LogP contribution >= 0.6 is 0 Å². The van der Waals surface area contributed by atoms with Crippen molar-refractivity contribution in [3.8, 4) is 11.5 Å². The Morgan fingerprint density at radius 3 is 2.75 bits per heavy atom. The van der Waals surface area contributed by atoms with Gasteiger partial charge in [-0.1, -0.05) is 6.07 Å². The van der Waals surface area contributed by atoms with E-state index in [0.29, 0.717) is 12.3 Å². The molecule has 1 aromatic rings. The lowest BCUT2D eigenvalue weighted by Crippen LogP contribution is -2.26. The Morgan fingerprint density at radius 2 is 2.19 bits per heavy atom. The monoisotopic (exact) mass is 225 g/mol. The molecule has 90 valence electrons. The molecular formula is C12H19NO3. The molecule has 1 aromatic carbocycles. The van der Waals surface area contributed by atoms with E-state index in [1.165, 1.54) is 7.11 Å². The summed E-state index contributed by atoms with van der Waals surface area (Å²) in [5.41, 5.74) is 0.989. The van der Waals surface area contributed by atoms with E-state index in [-0.39, 0.29) is 18.4 Å². The van der Waals surface area contributed by atoms with Gasteiger partial charge in [0, 0.05) is 19.2 Å². The van der Waals surface area contributed by atoms with Gasteiger partial charge in [0.1, 0.15) is 0 Å². The Bertz CT molecular complexity index is 328. The van der Waals surface area contributed by atoms with Crippen LogP contribution in [0.5, 0.6) is 11.5 Å². The lowest BCUT2D eigenvalue weighted by molar-refractivity contribution is 0.268. The number of hydrogen-bond acceptors (Lipinski definition) is 4. The third-order valence-electron chi connectivity index (χ3n) is 2.46. The fourth-order valence-electron chi connectivity index (χ4n) is 1.43. The molecule has 3 N–H and O–H groups in total. The highest BCUT2D eigenvalue weighted by Crippen LogP contribution is 2.26. The quantitative estimate of drug-likeness (QED) is 0.682. The fraction of sp³-hybridized carbons (Fsp3) is 0.500. The first-order valence-electron chi connectivity index (χ1n) is 5.37. The molecule has 0 aliphatic rings. The predicted molar refractivity (Wildman–Crippen MR) is 62.7 cm³/mol. The molecule has 0 aromatic heterocycles. The van der Waals surface area contributed by atoms with E-state index in [1.807, 2.05) is 13.0 Å². The van der Waals surface area contributed by atoms with Crippen LogP contribution in [-0.2, 0) is 6.54 Å². The highest BCUT2D eigenvalue weighted by atomic mass is 16.5. The van der Waals surface area contributed by atoms with Gasteiger partial charge in [0.25, 0.3) is 0 Å². The number of methoxy groups -OCH3 is 1. The summed E-state index contributed by atoms with van der Waals surface area (Å²) in [6.45, 7) is 2.86. The summed E-state index contributed by atoms with van der Waals surface area (Å²) in [6.07, 6.45) is 0.724. The van der Waals surface area contributed by atoms with Crippen LogP contribution in [-0.4, -0.2) is 30.0 Å². The van der Waals surface area contributed by atoms with Gasteiger partial charge in [0.05, 0.1) is 7.11 Å². The van der Waals surface area contributed by atoms with E-state index in [4.69, 9.17) is 9.84 Å². The summed E-state index contributed by atoms with van der Waals surface area (Å²) in [5.74, 6) is 0.628. The van der Waals surface area contributed by atoms with Crippen molar-refractivity contribution in [3.05, 3.63) is 23.8 Å². The van der Waals surface area contributed by atoms with Crippen molar-refractivity contribution in [3.63, 3.8) is 0 Å². The Balaban J connectivity index is 2.51. The average Bonchev–Trinajstić information content (AvgIpc) is 2.27. The fourth-order valence-corrected chi connectivity index (χ4v) is 1.43. The van der Waals surface area contributed by atoms with E-state index in [1.54, 1.807) is 12.1 Å². The van der Waals surface area contributed by atoms with Crippen LogP contribution in [0.4, 0.5) is 0 Å². The Morgan fingerprint density at radius 1 is 1.44 bits per heavy atom. The second-order valence-corrected chi connectivity index (χ2v) is 3.80. The number of ether oxygens (including phenoxy) is 1. The molecule has 1 rings (SSSR count). The number of phenolic OH excluding ortho intramolecular Hbond substituents is 1. The van der Waals surface area contributed by atoms with Crippen molar-refractivity contribution < 1.29 is 14.9 Å². The molecule has 0 saturated carbocycles. The van der Waals surface area contributed by atoms with E-state index >= 15 is 0 Å². The zero-order valence-corrected chi connectivity index (χ0v) is 9.73. The molecule has 1 atom stereocenters. The summed E-state index contributed by atoms with van der Waals surface area (Å²) in [4.78, 5) is 0. The zero-order valence-electron chi connectivity index (χ0n) is 9.73. The van der Waals surface area contributed by atoms with E-state index in [2.05, 4.69) is 5.32 Å². The highest BCUT2D eigenvalue weighted by molar-refractivity contribution is 5.41. The molecule has 0 aliphatic heterocycles. The topological polar surface area (TPSA) is 61.7 Å². The number of hydrogen-bond donors (Lipinski definition) is 3. The summed E-state index contributed by atoms with van der Waals surface area (Å²) < 4.78 is 4.96. The number of aliphatic hydroxyl groups is 1. The normalized spacial score (nSPS) is 12.4. The lowest BCUT2D eigenvalue weighted by Gasteiger charge is -2.13. The van der Waals surface area contributed by atoms with Crippen molar-refractivity contribution in [2.45, 2.75) is 25.9 Å². The van der Waals surface area contributed by atoms with Crippen LogP contribution in [0.2, 0.25) is 0 Å². The Kier molecular flexibility index (Phi) is 5.08. The van der Waals surface area contributed by atoms with Gasteiger partial charge in [-0.3, -0.25) is 0 Å². The summed E-state index contributed by atoms with van der Waals surface area (Å²) in [5, 5.41) is 21.6. The summed E-state index contributed by atoms with van der Waals surface area (Å²) in [7, 11) is 1.52. The minimum atomic E-state index is 0.150. The minimum absolute atomic E-state index is 0.150. The second kappa shape index (κ2) is 6.35. The first-order chi connectivity index (χ1) is 7.67. The third kappa shape index (κ3) is 3.72. The molecule has 0 saturated heterocycles. The number of benzene rings is 1. The van der Waals surface area contributed by atoms with E-state index in [0.717, 1.165) is 12.0 Å². The number of aliphatic hydroxyl groups excluding tert-OH is 1. The largest absolute Gasteiger partial charge is 0.504 e. The van der Waals surface area contributed by atoms with E-state index < -0.39 is 0 Å². The second-order valence-electron chi connectivity index (χ2n) is 3.80. The maximum absolute atomic E-state index is 9.57. The predicted octanol–water partition coefficient (Wildman–Crippen LogP) is 1.26. The molecule has 0 spiro atoms. The molecule has 0 fully saturated rings. The van der Waals surface area contributed by atoms with Gasteiger partial charge in [-0.15, -0.1) is 0 Å². The zero-order chi connectivity index (χ0) is 12.0. The van der Waals surface area contributed by atoms with Gasteiger partial charge in [0.15, 0.2) is 11.5 Å². The van der Waals surface area contributed by atoms with Crippen molar-refractivity contribution >= 4 is 0 Å². The van der Waals surface area contributed by atoms with Gasteiger partial charge in [-0.2, -0.15) is 0 Å². The number of rotatable bonds is 6. The molecule has 0 aliphatic carbocycles. The maximum Gasteiger partial charge on any atom is 0.160 e. The van der Waals surface area contributed by atoms with Crippen molar-refractivity contribution in [1.29, 1.82) is 0 Å². The molecule has 0 heterocycles. The van der Waals surface area contributed by atoms with Crippen LogP contribution in [0.3, 0.4) is 0 Å². The van der Waals surface area contributed by atoms with Crippen molar-refractivity contribution in [2.24, 2.45) is 0 Å².